The van der Waals surface area contributed by atoms with E-state index in [1.165, 1.54) is 41.1 Å². The van der Waals surface area contributed by atoms with Crippen molar-refractivity contribution in [2.45, 2.75) is 37.9 Å². The first-order valence-corrected chi connectivity index (χ1v) is 12.4. The maximum absolute atomic E-state index is 13.9. The molecule has 1 amide bonds. The van der Waals surface area contributed by atoms with Gasteiger partial charge in [-0.2, -0.15) is 0 Å². The number of aromatic nitrogens is 4. The molecule has 0 fully saturated rings. The minimum atomic E-state index is -0.520. The van der Waals surface area contributed by atoms with E-state index in [-0.39, 0.29) is 16.9 Å². The van der Waals surface area contributed by atoms with Crippen LogP contribution in [0.15, 0.2) is 63.3 Å². The summed E-state index contributed by atoms with van der Waals surface area (Å²) in [5, 5.41) is 3.10. The van der Waals surface area contributed by atoms with E-state index in [9.17, 15) is 18.8 Å². The van der Waals surface area contributed by atoms with Crippen molar-refractivity contribution in [1.82, 2.24) is 14.1 Å². The highest BCUT2D eigenvalue weighted by Gasteiger charge is 2.27. The van der Waals surface area contributed by atoms with Gasteiger partial charge in [-0.25, -0.2) is 18.7 Å². The zero-order valence-corrected chi connectivity index (χ0v) is 21.7. The zero-order chi connectivity index (χ0) is 26.2. The summed E-state index contributed by atoms with van der Waals surface area (Å²) < 4.78 is 18.1. The third-order valence-corrected chi connectivity index (χ3v) is 7.03. The molecular weight excluding hydrogens is 481 g/mol. The first-order valence-electron chi connectivity index (χ1n) is 11.5. The second-order valence-electron chi connectivity index (χ2n) is 9.68. The highest BCUT2D eigenvalue weighted by molar-refractivity contribution is 7.99. The Morgan fingerprint density at radius 3 is 2.36 bits per heavy atom. The number of fused-ring (bicyclic) bond motifs is 1. The van der Waals surface area contributed by atoms with Crippen LogP contribution in [0.25, 0.3) is 11.2 Å². The number of hydrogen-bond donors (Lipinski definition) is 2. The fourth-order valence-electron chi connectivity index (χ4n) is 3.92. The van der Waals surface area contributed by atoms with E-state index in [1.807, 2.05) is 12.1 Å². The third kappa shape index (κ3) is 4.99. The van der Waals surface area contributed by atoms with E-state index in [0.717, 1.165) is 10.1 Å². The van der Waals surface area contributed by atoms with Gasteiger partial charge in [0.2, 0.25) is 5.91 Å². The average molecular weight is 511 g/mol. The van der Waals surface area contributed by atoms with Crippen molar-refractivity contribution in [1.29, 1.82) is 0 Å². The van der Waals surface area contributed by atoms with Crippen molar-refractivity contribution < 1.29 is 13.8 Å². The van der Waals surface area contributed by atoms with Gasteiger partial charge in [0.15, 0.2) is 0 Å². The summed E-state index contributed by atoms with van der Waals surface area (Å²) in [5.74, 6) is -0.946. The summed E-state index contributed by atoms with van der Waals surface area (Å²) in [5.41, 5.74) is 2.07. The Balaban J connectivity index is 1.70. The van der Waals surface area contributed by atoms with Crippen LogP contribution in [0.5, 0.6) is 0 Å². The predicted octanol–water partition coefficient (Wildman–Crippen LogP) is 3.07. The number of benzene rings is 2. The number of imidazole rings is 1. The molecule has 0 saturated carbocycles. The van der Waals surface area contributed by atoms with Gasteiger partial charge in [0.25, 0.3) is 11.2 Å². The predicted molar refractivity (Wildman–Crippen MR) is 139 cm³/mol. The highest BCUT2D eigenvalue weighted by Crippen LogP contribution is 2.23. The molecule has 0 radical (unpaired) electrons. The van der Waals surface area contributed by atoms with Crippen LogP contribution in [0.4, 0.5) is 10.1 Å². The lowest BCUT2D eigenvalue weighted by atomic mass is 9.87. The number of aryl methyl sites for hydroxylation is 1. The van der Waals surface area contributed by atoms with E-state index in [2.05, 4.69) is 43.2 Å². The van der Waals surface area contributed by atoms with Crippen LogP contribution < -0.4 is 21.1 Å². The first kappa shape index (κ1) is 25.4. The molecule has 36 heavy (non-hydrogen) atoms. The molecule has 0 aliphatic heterocycles. The minimum Gasteiger partial charge on any atom is -0.323 e. The van der Waals surface area contributed by atoms with Crippen molar-refractivity contribution in [2.75, 3.05) is 11.1 Å². The standard InChI is InChI=1S/C26H28FN5O3S/c1-26(2,3)17-12-10-16(11-13-17)14-32-21-22(30(4)25(35)31(5)23(21)34)29-24(32)36-15-20(33)28-19-9-7-6-8-18(19)27/h6-13H,14-15H2,1-5H3,(H,28,33)/p+1. The molecule has 188 valence electrons. The molecule has 0 atom stereocenters. The van der Waals surface area contributed by atoms with Gasteiger partial charge in [-0.05, 0) is 40.4 Å². The molecular formula is C26H29FN5O3S+. The molecule has 0 bridgehead atoms. The number of carbonyl (C=O) groups is 1. The van der Waals surface area contributed by atoms with Gasteiger partial charge in [-0.3, -0.25) is 18.7 Å². The summed E-state index contributed by atoms with van der Waals surface area (Å²) in [6.45, 7) is 6.78. The number of halogens is 1. The molecule has 2 heterocycles. The van der Waals surface area contributed by atoms with E-state index < -0.39 is 23.0 Å². The van der Waals surface area contributed by atoms with Gasteiger partial charge >= 0.3 is 16.4 Å². The minimum absolute atomic E-state index is 0.00722. The molecule has 2 aromatic heterocycles. The number of carbonyl (C=O) groups excluding carboxylic acids is 1. The summed E-state index contributed by atoms with van der Waals surface area (Å²) in [6, 6.07) is 14.1. The smallest absolute Gasteiger partial charge is 0.323 e. The van der Waals surface area contributed by atoms with E-state index in [0.29, 0.717) is 22.9 Å². The second kappa shape index (κ2) is 9.77. The molecule has 0 aliphatic carbocycles. The molecule has 0 spiro atoms. The van der Waals surface area contributed by atoms with Crippen molar-refractivity contribution in [3.05, 3.63) is 86.3 Å². The Morgan fingerprint density at radius 2 is 1.72 bits per heavy atom. The van der Waals surface area contributed by atoms with Crippen LogP contribution in [-0.4, -0.2) is 25.8 Å². The number of H-pyrrole nitrogens is 1. The number of para-hydroxylation sites is 1. The fourth-order valence-corrected chi connectivity index (χ4v) is 4.74. The number of anilines is 1. The Kier molecular flexibility index (Phi) is 6.90. The number of nitrogens with one attached hydrogen (secondary N) is 2. The van der Waals surface area contributed by atoms with Crippen LogP contribution in [0, 0.1) is 5.82 Å². The van der Waals surface area contributed by atoms with Crippen LogP contribution in [0.2, 0.25) is 0 Å². The maximum Gasteiger partial charge on any atom is 0.333 e. The molecule has 0 aliphatic rings. The van der Waals surface area contributed by atoms with E-state index in [4.69, 9.17) is 0 Å². The Labute approximate surface area is 211 Å². The number of hydrogen-bond acceptors (Lipinski definition) is 4. The fraction of sp³-hybridized carbons (Fsp3) is 0.308. The van der Waals surface area contributed by atoms with Gasteiger partial charge in [0.05, 0.1) is 11.4 Å². The van der Waals surface area contributed by atoms with Gasteiger partial charge < -0.3 is 5.32 Å². The summed E-state index contributed by atoms with van der Waals surface area (Å²) >= 11 is 1.17. The lowest BCUT2D eigenvalue weighted by molar-refractivity contribution is -0.700. The van der Waals surface area contributed by atoms with Crippen molar-refractivity contribution in [3.8, 4) is 0 Å². The highest BCUT2D eigenvalue weighted by atomic mass is 32.2. The molecule has 10 heteroatoms. The van der Waals surface area contributed by atoms with Gasteiger partial charge in [-0.15, -0.1) is 0 Å². The number of nitrogens with zero attached hydrogens (tertiary/aromatic N) is 3. The van der Waals surface area contributed by atoms with Gasteiger partial charge in [-0.1, -0.05) is 57.2 Å². The van der Waals surface area contributed by atoms with Gasteiger partial charge in [0.1, 0.15) is 12.4 Å². The lowest BCUT2D eigenvalue weighted by Crippen LogP contribution is -2.44. The molecule has 4 rings (SSSR count). The normalized spacial score (nSPS) is 11.7. The van der Waals surface area contributed by atoms with Crippen LogP contribution in [0.3, 0.4) is 0 Å². The summed E-state index contributed by atoms with van der Waals surface area (Å²) in [4.78, 5) is 41.3. The van der Waals surface area contributed by atoms with Crippen LogP contribution in [0.1, 0.15) is 31.9 Å². The Bertz CT molecular complexity index is 1560. The quantitative estimate of drug-likeness (QED) is 0.308. The largest absolute Gasteiger partial charge is 0.333 e. The molecule has 2 aromatic carbocycles. The molecule has 4 aromatic rings. The number of aromatic amines is 1. The van der Waals surface area contributed by atoms with E-state index in [1.54, 1.807) is 23.7 Å². The average Bonchev–Trinajstić information content (AvgIpc) is 3.19. The summed E-state index contributed by atoms with van der Waals surface area (Å²) in [6.07, 6.45) is 0. The van der Waals surface area contributed by atoms with Crippen molar-refractivity contribution >= 4 is 34.5 Å². The monoisotopic (exact) mass is 510 g/mol. The first-order chi connectivity index (χ1) is 17.0. The van der Waals surface area contributed by atoms with Gasteiger partial charge in [0, 0.05) is 14.1 Å². The van der Waals surface area contributed by atoms with Crippen molar-refractivity contribution in [3.63, 3.8) is 0 Å². The molecule has 2 N–H and O–H groups in total. The molecule has 0 unspecified atom stereocenters. The lowest BCUT2D eigenvalue weighted by Gasteiger charge is -2.19. The Morgan fingerprint density at radius 1 is 1.06 bits per heavy atom. The van der Waals surface area contributed by atoms with Crippen molar-refractivity contribution in [2.24, 2.45) is 14.1 Å². The maximum atomic E-state index is 13.9. The van der Waals surface area contributed by atoms with Crippen LogP contribution >= 0.6 is 11.8 Å². The zero-order valence-electron chi connectivity index (χ0n) is 20.9. The molecule has 8 nitrogen and oxygen atoms in total. The summed E-state index contributed by atoms with van der Waals surface area (Å²) in [7, 11) is 3.02. The van der Waals surface area contributed by atoms with Crippen LogP contribution in [-0.2, 0) is 30.8 Å². The third-order valence-electron chi connectivity index (χ3n) is 6.03. The molecule has 0 saturated heterocycles. The Hall–Kier alpha value is -3.66. The second-order valence-corrected chi connectivity index (χ2v) is 10.6. The SMILES string of the molecule is Cn1c(=O)c2c([nH]c(SCC(=O)Nc3ccccc3F)[n+]2Cc2ccc(C(C)(C)C)cc2)n(C)c1=O. The van der Waals surface area contributed by atoms with E-state index >= 15 is 0 Å². The number of amides is 1. The topological polar surface area (TPSA) is 92.8 Å². The number of thioether (sulfide) groups is 1. The number of rotatable bonds is 6.